The SMILES string of the molecule is OC(Cn1ccc2ccccc21)Cn1c(C(F)(F)F)nc2ccccc21. The maximum atomic E-state index is 13.4. The molecule has 0 radical (unpaired) electrons. The van der Waals surface area contributed by atoms with E-state index in [1.807, 2.05) is 41.1 Å². The van der Waals surface area contributed by atoms with Crippen LogP contribution in [0.15, 0.2) is 60.8 Å². The number of benzene rings is 2. The Bertz CT molecular complexity index is 1060. The summed E-state index contributed by atoms with van der Waals surface area (Å²) in [6.45, 7) is -0.000813. The van der Waals surface area contributed by atoms with Crippen LogP contribution in [0.2, 0.25) is 0 Å². The van der Waals surface area contributed by atoms with Crippen molar-refractivity contribution < 1.29 is 18.3 Å². The lowest BCUT2D eigenvalue weighted by Gasteiger charge is -2.17. The predicted octanol–water partition coefficient (Wildman–Crippen LogP) is 4.07. The van der Waals surface area contributed by atoms with Crippen molar-refractivity contribution >= 4 is 21.9 Å². The van der Waals surface area contributed by atoms with Crippen molar-refractivity contribution in [2.45, 2.75) is 25.4 Å². The quantitative estimate of drug-likeness (QED) is 0.597. The van der Waals surface area contributed by atoms with Crippen LogP contribution in [0.3, 0.4) is 0 Å². The largest absolute Gasteiger partial charge is 0.449 e. The Balaban J connectivity index is 1.66. The third-order valence-electron chi connectivity index (χ3n) is 4.39. The van der Waals surface area contributed by atoms with Gasteiger partial charge in [0.05, 0.1) is 30.2 Å². The molecule has 0 bridgehead atoms. The minimum Gasteiger partial charge on any atom is -0.389 e. The summed E-state index contributed by atoms with van der Waals surface area (Å²) in [6.07, 6.45) is -3.76. The molecule has 0 fully saturated rings. The topological polar surface area (TPSA) is 43.0 Å². The number of alkyl halides is 3. The molecule has 4 nitrogen and oxygen atoms in total. The predicted molar refractivity (Wildman–Crippen MR) is 92.7 cm³/mol. The van der Waals surface area contributed by atoms with Gasteiger partial charge in [-0.2, -0.15) is 13.2 Å². The molecule has 4 aromatic rings. The van der Waals surface area contributed by atoms with Crippen LogP contribution >= 0.6 is 0 Å². The molecule has 2 aromatic carbocycles. The van der Waals surface area contributed by atoms with Gasteiger partial charge >= 0.3 is 6.18 Å². The summed E-state index contributed by atoms with van der Waals surface area (Å²) < 4.78 is 42.9. The molecule has 0 aliphatic heterocycles. The lowest BCUT2D eigenvalue weighted by atomic mass is 10.2. The average molecular weight is 359 g/mol. The van der Waals surface area contributed by atoms with E-state index in [4.69, 9.17) is 0 Å². The van der Waals surface area contributed by atoms with Gasteiger partial charge in [-0.1, -0.05) is 30.3 Å². The number of nitrogens with zero attached hydrogens (tertiary/aromatic N) is 3. The highest BCUT2D eigenvalue weighted by Crippen LogP contribution is 2.31. The molecule has 0 aliphatic carbocycles. The molecule has 134 valence electrons. The molecule has 0 spiro atoms. The molecule has 0 aliphatic rings. The lowest BCUT2D eigenvalue weighted by Crippen LogP contribution is -2.25. The highest BCUT2D eigenvalue weighted by molar-refractivity contribution is 5.80. The zero-order chi connectivity index (χ0) is 18.3. The monoisotopic (exact) mass is 359 g/mol. The molecular formula is C19H16F3N3O. The Kier molecular flexibility index (Phi) is 3.96. The summed E-state index contributed by atoms with van der Waals surface area (Å²) in [6, 6.07) is 16.0. The molecule has 0 saturated carbocycles. The number of rotatable bonds is 4. The van der Waals surface area contributed by atoms with Crippen LogP contribution in [0.25, 0.3) is 21.9 Å². The van der Waals surface area contributed by atoms with E-state index in [0.29, 0.717) is 5.52 Å². The van der Waals surface area contributed by atoms with Crippen molar-refractivity contribution in [1.82, 2.24) is 14.1 Å². The van der Waals surface area contributed by atoms with E-state index in [1.165, 1.54) is 6.07 Å². The number of para-hydroxylation sites is 3. The number of imidazole rings is 1. The fourth-order valence-corrected chi connectivity index (χ4v) is 3.27. The smallest absolute Gasteiger partial charge is 0.389 e. The second-order valence-electron chi connectivity index (χ2n) is 6.21. The van der Waals surface area contributed by atoms with Crippen LogP contribution in [0.1, 0.15) is 5.82 Å². The summed E-state index contributed by atoms with van der Waals surface area (Å²) >= 11 is 0. The first-order chi connectivity index (χ1) is 12.4. The maximum absolute atomic E-state index is 13.4. The van der Waals surface area contributed by atoms with Crippen molar-refractivity contribution in [2.75, 3.05) is 0 Å². The number of hydrogen-bond donors (Lipinski definition) is 1. The fraction of sp³-hybridized carbons (Fsp3) is 0.211. The highest BCUT2D eigenvalue weighted by Gasteiger charge is 2.37. The number of aliphatic hydroxyl groups excluding tert-OH is 1. The van der Waals surface area contributed by atoms with Gasteiger partial charge < -0.3 is 14.2 Å². The van der Waals surface area contributed by atoms with Gasteiger partial charge in [-0.05, 0) is 29.7 Å². The molecule has 0 saturated heterocycles. The van der Waals surface area contributed by atoms with Crippen LogP contribution in [-0.4, -0.2) is 25.3 Å². The second-order valence-corrected chi connectivity index (χ2v) is 6.21. The second kappa shape index (κ2) is 6.17. The van der Waals surface area contributed by atoms with E-state index in [2.05, 4.69) is 4.98 Å². The van der Waals surface area contributed by atoms with Crippen molar-refractivity contribution in [3.8, 4) is 0 Å². The van der Waals surface area contributed by atoms with E-state index in [0.717, 1.165) is 15.5 Å². The van der Waals surface area contributed by atoms with E-state index >= 15 is 0 Å². The number of fused-ring (bicyclic) bond motifs is 2. The van der Waals surface area contributed by atoms with Crippen LogP contribution < -0.4 is 0 Å². The molecule has 1 unspecified atom stereocenters. The summed E-state index contributed by atoms with van der Waals surface area (Å²) in [5.41, 5.74) is 1.55. The number of hydrogen-bond acceptors (Lipinski definition) is 2. The van der Waals surface area contributed by atoms with Crippen LogP contribution in [-0.2, 0) is 19.3 Å². The van der Waals surface area contributed by atoms with Crippen molar-refractivity contribution in [3.63, 3.8) is 0 Å². The van der Waals surface area contributed by atoms with Gasteiger partial charge in [-0.15, -0.1) is 0 Å². The molecular weight excluding hydrogens is 343 g/mol. The van der Waals surface area contributed by atoms with E-state index in [9.17, 15) is 18.3 Å². The van der Waals surface area contributed by atoms with Gasteiger partial charge in [-0.3, -0.25) is 0 Å². The molecule has 1 N–H and O–H groups in total. The van der Waals surface area contributed by atoms with Gasteiger partial charge in [0.15, 0.2) is 0 Å². The number of aromatic nitrogens is 3. The van der Waals surface area contributed by atoms with Crippen molar-refractivity contribution in [2.24, 2.45) is 0 Å². The van der Waals surface area contributed by atoms with E-state index in [1.54, 1.807) is 18.2 Å². The molecule has 0 amide bonds. The molecule has 2 heterocycles. The first-order valence-corrected chi connectivity index (χ1v) is 8.18. The van der Waals surface area contributed by atoms with E-state index < -0.39 is 18.1 Å². The Labute approximate surface area is 147 Å². The standard InChI is InChI=1S/C19H16F3N3O/c20-19(21,22)18-23-15-6-2-4-8-17(15)25(18)12-14(26)11-24-10-9-13-5-1-3-7-16(13)24/h1-10,14,26H,11-12H2. The van der Waals surface area contributed by atoms with Crippen LogP contribution in [0.4, 0.5) is 13.2 Å². The molecule has 1 atom stereocenters. The normalized spacial score (nSPS) is 13.5. The zero-order valence-corrected chi connectivity index (χ0v) is 13.7. The molecule has 2 aromatic heterocycles. The zero-order valence-electron chi connectivity index (χ0n) is 13.7. The lowest BCUT2D eigenvalue weighted by molar-refractivity contribution is -0.147. The van der Waals surface area contributed by atoms with Crippen LogP contribution in [0, 0.1) is 0 Å². The highest BCUT2D eigenvalue weighted by atomic mass is 19.4. The third kappa shape index (κ3) is 2.94. The number of aliphatic hydroxyl groups is 1. The Morgan fingerprint density at radius 2 is 1.62 bits per heavy atom. The van der Waals surface area contributed by atoms with Crippen molar-refractivity contribution in [1.29, 1.82) is 0 Å². The third-order valence-corrected chi connectivity index (χ3v) is 4.39. The van der Waals surface area contributed by atoms with Gasteiger partial charge in [-0.25, -0.2) is 4.98 Å². The molecule has 26 heavy (non-hydrogen) atoms. The Morgan fingerprint density at radius 3 is 2.38 bits per heavy atom. The molecule has 4 rings (SSSR count). The van der Waals surface area contributed by atoms with E-state index in [-0.39, 0.29) is 18.6 Å². The maximum Gasteiger partial charge on any atom is 0.449 e. The first kappa shape index (κ1) is 16.7. The summed E-state index contributed by atoms with van der Waals surface area (Å²) in [5.74, 6) is -0.991. The summed E-state index contributed by atoms with van der Waals surface area (Å²) in [5, 5.41) is 11.5. The summed E-state index contributed by atoms with van der Waals surface area (Å²) in [4.78, 5) is 3.70. The average Bonchev–Trinajstić information content (AvgIpc) is 3.17. The number of halogens is 3. The minimum atomic E-state index is -4.58. The van der Waals surface area contributed by atoms with Crippen LogP contribution in [0.5, 0.6) is 0 Å². The van der Waals surface area contributed by atoms with Crippen molar-refractivity contribution in [3.05, 3.63) is 66.6 Å². The van der Waals surface area contributed by atoms with Gasteiger partial charge in [0.1, 0.15) is 0 Å². The fourth-order valence-electron chi connectivity index (χ4n) is 3.27. The summed E-state index contributed by atoms with van der Waals surface area (Å²) in [7, 11) is 0. The Morgan fingerprint density at radius 1 is 0.923 bits per heavy atom. The minimum absolute atomic E-state index is 0.192. The van der Waals surface area contributed by atoms with Gasteiger partial charge in [0, 0.05) is 11.7 Å². The van der Waals surface area contributed by atoms with Gasteiger partial charge in [0.2, 0.25) is 5.82 Å². The first-order valence-electron chi connectivity index (χ1n) is 8.18. The van der Waals surface area contributed by atoms with Gasteiger partial charge in [0.25, 0.3) is 0 Å². The Hall–Kier alpha value is -2.80. The molecule has 7 heteroatoms.